The Kier molecular flexibility index (Phi) is 4.88. The Hall–Kier alpha value is -3.35. The first kappa shape index (κ1) is 17.5. The zero-order valence-electron chi connectivity index (χ0n) is 13.4. The Morgan fingerprint density at radius 3 is 2.38 bits per heavy atom. The van der Waals surface area contributed by atoms with Crippen molar-refractivity contribution in [3.05, 3.63) is 99.7 Å². The van der Waals surface area contributed by atoms with Crippen LogP contribution in [-0.2, 0) is 6.54 Å². The van der Waals surface area contributed by atoms with Crippen LogP contribution in [0.5, 0.6) is 0 Å². The smallest absolute Gasteiger partial charge is 0.263 e. The summed E-state index contributed by atoms with van der Waals surface area (Å²) in [6, 6.07) is 13.5. The van der Waals surface area contributed by atoms with Crippen LogP contribution in [0.2, 0.25) is 0 Å². The van der Waals surface area contributed by atoms with Crippen LogP contribution in [0.1, 0.15) is 15.9 Å². The zero-order chi connectivity index (χ0) is 18.7. The molecule has 1 aromatic heterocycles. The third kappa shape index (κ3) is 3.51. The van der Waals surface area contributed by atoms with E-state index in [0.717, 1.165) is 11.6 Å². The summed E-state index contributed by atoms with van der Waals surface area (Å²) in [6.07, 6.45) is 1.52. The first-order chi connectivity index (χ1) is 12.5. The largest absolute Gasteiger partial charge is 0.319 e. The van der Waals surface area contributed by atoms with Gasteiger partial charge in [-0.2, -0.15) is 0 Å². The lowest BCUT2D eigenvalue weighted by Crippen LogP contribution is -2.29. The van der Waals surface area contributed by atoms with Crippen LogP contribution in [0.15, 0.2) is 65.6 Å². The van der Waals surface area contributed by atoms with E-state index in [-0.39, 0.29) is 12.1 Å². The summed E-state index contributed by atoms with van der Waals surface area (Å²) in [7, 11) is 0. The van der Waals surface area contributed by atoms with Gasteiger partial charge < -0.3 is 9.88 Å². The summed E-state index contributed by atoms with van der Waals surface area (Å²) in [5.41, 5.74) is -0.519. The first-order valence-electron chi connectivity index (χ1n) is 7.65. The highest BCUT2D eigenvalue weighted by atomic mass is 19.2. The second-order valence-electron chi connectivity index (χ2n) is 5.52. The minimum absolute atomic E-state index is 0.243. The molecule has 1 amide bonds. The van der Waals surface area contributed by atoms with E-state index in [4.69, 9.17) is 0 Å². The molecule has 0 bridgehead atoms. The minimum Gasteiger partial charge on any atom is -0.319 e. The number of benzene rings is 2. The molecule has 0 fully saturated rings. The van der Waals surface area contributed by atoms with Gasteiger partial charge >= 0.3 is 0 Å². The molecule has 132 valence electrons. The van der Waals surface area contributed by atoms with Crippen LogP contribution >= 0.6 is 0 Å². The van der Waals surface area contributed by atoms with Crippen molar-refractivity contribution in [3.8, 4) is 0 Å². The Labute approximate surface area is 146 Å². The average Bonchev–Trinajstić information content (AvgIpc) is 2.65. The van der Waals surface area contributed by atoms with E-state index >= 15 is 0 Å². The molecule has 7 heteroatoms. The van der Waals surface area contributed by atoms with Crippen molar-refractivity contribution in [1.29, 1.82) is 0 Å². The average molecular weight is 358 g/mol. The Morgan fingerprint density at radius 1 is 0.923 bits per heavy atom. The van der Waals surface area contributed by atoms with Gasteiger partial charge in [0.1, 0.15) is 5.56 Å². The van der Waals surface area contributed by atoms with Crippen LogP contribution in [-0.4, -0.2) is 10.5 Å². The topological polar surface area (TPSA) is 51.1 Å². The molecular weight excluding hydrogens is 345 g/mol. The van der Waals surface area contributed by atoms with Gasteiger partial charge in [0.2, 0.25) is 0 Å². The van der Waals surface area contributed by atoms with Crippen molar-refractivity contribution in [2.75, 3.05) is 5.32 Å². The lowest BCUT2D eigenvalue weighted by molar-refractivity contribution is 0.102. The monoisotopic (exact) mass is 358 g/mol. The van der Waals surface area contributed by atoms with Crippen LogP contribution in [0.25, 0.3) is 0 Å². The van der Waals surface area contributed by atoms with Crippen molar-refractivity contribution < 1.29 is 18.0 Å². The standard InChI is InChI=1S/C19H13F3N2O2/c20-14-8-9-15(17(22)16(14)21)23-18(25)13-7-4-10-24(19(13)26)11-12-5-2-1-3-6-12/h1-10H,11H2,(H,23,25). The van der Waals surface area contributed by atoms with Gasteiger partial charge in [0.25, 0.3) is 11.5 Å². The normalized spacial score (nSPS) is 10.6. The van der Waals surface area contributed by atoms with E-state index in [1.54, 1.807) is 0 Å². The maximum atomic E-state index is 13.7. The number of rotatable bonds is 4. The number of carbonyl (C=O) groups excluding carboxylic acids is 1. The summed E-state index contributed by atoms with van der Waals surface area (Å²) in [4.78, 5) is 24.8. The predicted molar refractivity (Wildman–Crippen MR) is 90.5 cm³/mol. The van der Waals surface area contributed by atoms with E-state index in [2.05, 4.69) is 5.32 Å². The highest BCUT2D eigenvalue weighted by Crippen LogP contribution is 2.20. The molecule has 0 unspecified atom stereocenters. The van der Waals surface area contributed by atoms with Crippen molar-refractivity contribution in [3.63, 3.8) is 0 Å². The van der Waals surface area contributed by atoms with E-state index in [1.807, 2.05) is 30.3 Å². The van der Waals surface area contributed by atoms with Gasteiger partial charge in [0, 0.05) is 6.20 Å². The molecule has 1 heterocycles. The Balaban J connectivity index is 1.88. The number of amides is 1. The fraction of sp³-hybridized carbons (Fsp3) is 0.0526. The minimum atomic E-state index is -1.70. The summed E-state index contributed by atoms with van der Waals surface area (Å²) in [5.74, 6) is -5.51. The predicted octanol–water partition coefficient (Wildman–Crippen LogP) is 3.57. The number of nitrogens with one attached hydrogen (secondary N) is 1. The third-order valence-corrected chi connectivity index (χ3v) is 3.74. The molecule has 0 spiro atoms. The maximum absolute atomic E-state index is 13.7. The molecule has 0 saturated carbocycles. The first-order valence-corrected chi connectivity index (χ1v) is 7.65. The molecule has 0 atom stereocenters. The van der Waals surface area contributed by atoms with E-state index < -0.39 is 34.6 Å². The number of halogens is 3. The van der Waals surface area contributed by atoms with Crippen LogP contribution < -0.4 is 10.9 Å². The number of aromatic nitrogens is 1. The lowest BCUT2D eigenvalue weighted by atomic mass is 10.2. The molecule has 2 aromatic carbocycles. The molecule has 0 aliphatic carbocycles. The molecular formula is C19H13F3N2O2. The number of nitrogens with zero attached hydrogens (tertiary/aromatic N) is 1. The van der Waals surface area contributed by atoms with Gasteiger partial charge in [-0.05, 0) is 29.8 Å². The number of hydrogen-bond donors (Lipinski definition) is 1. The molecule has 26 heavy (non-hydrogen) atoms. The molecule has 4 nitrogen and oxygen atoms in total. The van der Waals surface area contributed by atoms with Gasteiger partial charge in [0.15, 0.2) is 17.5 Å². The van der Waals surface area contributed by atoms with Gasteiger partial charge in [-0.3, -0.25) is 9.59 Å². The summed E-state index contributed by atoms with van der Waals surface area (Å²) in [5, 5.41) is 2.09. The van der Waals surface area contributed by atoms with E-state index in [1.165, 1.54) is 22.9 Å². The third-order valence-electron chi connectivity index (χ3n) is 3.74. The number of anilines is 1. The summed E-state index contributed by atoms with van der Waals surface area (Å²) < 4.78 is 41.2. The summed E-state index contributed by atoms with van der Waals surface area (Å²) in [6.45, 7) is 0.250. The van der Waals surface area contributed by atoms with Crippen molar-refractivity contribution >= 4 is 11.6 Å². The van der Waals surface area contributed by atoms with Gasteiger partial charge in [-0.25, -0.2) is 13.2 Å². The van der Waals surface area contributed by atoms with Gasteiger partial charge in [-0.1, -0.05) is 30.3 Å². The summed E-state index contributed by atoms with van der Waals surface area (Å²) >= 11 is 0. The van der Waals surface area contributed by atoms with Crippen LogP contribution in [0.3, 0.4) is 0 Å². The fourth-order valence-corrected chi connectivity index (χ4v) is 2.43. The van der Waals surface area contributed by atoms with Crippen molar-refractivity contribution in [2.24, 2.45) is 0 Å². The SMILES string of the molecule is O=C(Nc1ccc(F)c(F)c1F)c1cccn(Cc2ccccc2)c1=O. The molecule has 0 radical (unpaired) electrons. The second kappa shape index (κ2) is 7.26. The van der Waals surface area contributed by atoms with Crippen molar-refractivity contribution in [2.45, 2.75) is 6.54 Å². The highest BCUT2D eigenvalue weighted by molar-refractivity contribution is 6.04. The zero-order valence-corrected chi connectivity index (χ0v) is 13.4. The second-order valence-corrected chi connectivity index (χ2v) is 5.52. The molecule has 3 rings (SSSR count). The Bertz CT molecular complexity index is 1020. The maximum Gasteiger partial charge on any atom is 0.263 e. The lowest BCUT2D eigenvalue weighted by Gasteiger charge is -2.10. The molecule has 0 aliphatic heterocycles. The number of pyridine rings is 1. The highest BCUT2D eigenvalue weighted by Gasteiger charge is 2.18. The number of carbonyl (C=O) groups is 1. The van der Waals surface area contributed by atoms with E-state index in [9.17, 15) is 22.8 Å². The van der Waals surface area contributed by atoms with E-state index in [0.29, 0.717) is 6.07 Å². The van der Waals surface area contributed by atoms with Crippen LogP contribution in [0, 0.1) is 17.5 Å². The molecule has 0 saturated heterocycles. The Morgan fingerprint density at radius 2 is 1.65 bits per heavy atom. The van der Waals surface area contributed by atoms with Crippen molar-refractivity contribution in [1.82, 2.24) is 4.57 Å². The molecule has 0 aliphatic rings. The molecule has 1 N–H and O–H groups in total. The van der Waals surface area contributed by atoms with Gasteiger partial charge in [-0.15, -0.1) is 0 Å². The van der Waals surface area contributed by atoms with Crippen LogP contribution in [0.4, 0.5) is 18.9 Å². The van der Waals surface area contributed by atoms with Gasteiger partial charge in [0.05, 0.1) is 12.2 Å². The quantitative estimate of drug-likeness (QED) is 0.725. The fourth-order valence-electron chi connectivity index (χ4n) is 2.43. The number of hydrogen-bond acceptors (Lipinski definition) is 2. The molecule has 3 aromatic rings.